The second kappa shape index (κ2) is 7.59. The Bertz CT molecular complexity index is 609. The Morgan fingerprint density at radius 1 is 1.36 bits per heavy atom. The van der Waals surface area contributed by atoms with E-state index >= 15 is 0 Å². The lowest BCUT2D eigenvalue weighted by Gasteiger charge is -2.09. The summed E-state index contributed by atoms with van der Waals surface area (Å²) in [6.45, 7) is 7.21. The molecule has 0 fully saturated rings. The van der Waals surface area contributed by atoms with Crippen LogP contribution in [0.3, 0.4) is 0 Å². The number of nitrogens with one attached hydrogen (secondary N) is 2. The van der Waals surface area contributed by atoms with Gasteiger partial charge in [0.1, 0.15) is 11.5 Å². The van der Waals surface area contributed by atoms with E-state index in [0.29, 0.717) is 30.6 Å². The Morgan fingerprint density at radius 2 is 2.18 bits per heavy atom. The highest BCUT2D eigenvalue weighted by molar-refractivity contribution is 5.92. The molecule has 0 aromatic carbocycles. The monoisotopic (exact) mass is 302 g/mol. The number of hydrogen-bond acceptors (Lipinski definition) is 5. The van der Waals surface area contributed by atoms with Gasteiger partial charge in [-0.15, -0.1) is 0 Å². The summed E-state index contributed by atoms with van der Waals surface area (Å²) in [5.74, 6) is 1.59. The SMILES string of the molecule is Cc1cc(C(=O)NCCC(C)C)nc(NCc2ccco2)n1. The first-order chi connectivity index (χ1) is 10.5. The van der Waals surface area contributed by atoms with E-state index in [1.165, 1.54) is 0 Å². The molecule has 2 aromatic heterocycles. The molecule has 2 heterocycles. The van der Waals surface area contributed by atoms with E-state index in [1.54, 1.807) is 12.3 Å². The first kappa shape index (κ1) is 16.0. The van der Waals surface area contributed by atoms with Crippen molar-refractivity contribution in [2.24, 2.45) is 5.92 Å². The van der Waals surface area contributed by atoms with E-state index in [0.717, 1.165) is 17.9 Å². The lowest BCUT2D eigenvalue weighted by atomic mass is 10.1. The molecule has 22 heavy (non-hydrogen) atoms. The molecule has 0 bridgehead atoms. The fourth-order valence-electron chi connectivity index (χ4n) is 1.91. The molecular weight excluding hydrogens is 280 g/mol. The van der Waals surface area contributed by atoms with E-state index in [1.807, 2.05) is 19.1 Å². The molecular formula is C16H22N4O2. The molecule has 6 nitrogen and oxygen atoms in total. The van der Waals surface area contributed by atoms with Gasteiger partial charge in [0.15, 0.2) is 0 Å². The summed E-state index contributed by atoms with van der Waals surface area (Å²) < 4.78 is 5.24. The highest BCUT2D eigenvalue weighted by Crippen LogP contribution is 2.08. The molecule has 1 amide bonds. The molecule has 2 aromatic rings. The summed E-state index contributed by atoms with van der Waals surface area (Å²) in [7, 11) is 0. The summed E-state index contributed by atoms with van der Waals surface area (Å²) in [6, 6.07) is 5.37. The fraction of sp³-hybridized carbons (Fsp3) is 0.438. The Labute approximate surface area is 130 Å². The summed E-state index contributed by atoms with van der Waals surface area (Å²) in [5.41, 5.74) is 1.11. The minimum absolute atomic E-state index is 0.174. The van der Waals surface area contributed by atoms with Crippen molar-refractivity contribution >= 4 is 11.9 Å². The number of furan rings is 1. The maximum Gasteiger partial charge on any atom is 0.270 e. The number of amides is 1. The van der Waals surface area contributed by atoms with E-state index in [9.17, 15) is 4.79 Å². The van der Waals surface area contributed by atoms with Gasteiger partial charge in [-0.05, 0) is 37.5 Å². The number of carbonyl (C=O) groups is 1. The topological polar surface area (TPSA) is 80.0 Å². The van der Waals surface area contributed by atoms with Crippen molar-refractivity contribution in [3.8, 4) is 0 Å². The van der Waals surface area contributed by atoms with Gasteiger partial charge < -0.3 is 15.1 Å². The molecule has 2 N–H and O–H groups in total. The fourth-order valence-corrected chi connectivity index (χ4v) is 1.91. The predicted octanol–water partition coefficient (Wildman–Crippen LogP) is 2.77. The van der Waals surface area contributed by atoms with Crippen molar-refractivity contribution in [1.82, 2.24) is 15.3 Å². The van der Waals surface area contributed by atoms with E-state index in [2.05, 4.69) is 34.4 Å². The van der Waals surface area contributed by atoms with Crippen LogP contribution in [0.25, 0.3) is 0 Å². The molecule has 0 atom stereocenters. The van der Waals surface area contributed by atoms with Crippen LogP contribution in [0.5, 0.6) is 0 Å². The van der Waals surface area contributed by atoms with Gasteiger partial charge in [0.25, 0.3) is 5.91 Å². The van der Waals surface area contributed by atoms with Crippen LogP contribution < -0.4 is 10.6 Å². The summed E-state index contributed by atoms with van der Waals surface area (Å²) >= 11 is 0. The Balaban J connectivity index is 1.98. The first-order valence-corrected chi connectivity index (χ1v) is 7.44. The first-order valence-electron chi connectivity index (χ1n) is 7.44. The molecule has 0 saturated heterocycles. The number of carbonyl (C=O) groups excluding carboxylic acids is 1. The molecule has 2 rings (SSSR count). The zero-order valence-electron chi connectivity index (χ0n) is 13.2. The maximum atomic E-state index is 12.1. The Hall–Kier alpha value is -2.37. The summed E-state index contributed by atoms with van der Waals surface area (Å²) in [4.78, 5) is 20.7. The molecule has 0 aliphatic heterocycles. The van der Waals surface area contributed by atoms with Crippen molar-refractivity contribution in [2.45, 2.75) is 33.7 Å². The number of nitrogens with zero attached hydrogens (tertiary/aromatic N) is 2. The van der Waals surface area contributed by atoms with Crippen LogP contribution in [-0.4, -0.2) is 22.4 Å². The molecule has 0 spiro atoms. The standard InChI is InChI=1S/C16H22N4O2/c1-11(2)6-7-17-15(21)14-9-12(3)19-16(20-14)18-10-13-5-4-8-22-13/h4-5,8-9,11H,6-7,10H2,1-3H3,(H,17,21)(H,18,19,20). The highest BCUT2D eigenvalue weighted by atomic mass is 16.3. The quantitative estimate of drug-likeness (QED) is 0.822. The number of rotatable bonds is 7. The molecule has 0 radical (unpaired) electrons. The van der Waals surface area contributed by atoms with Crippen LogP contribution in [0, 0.1) is 12.8 Å². The van der Waals surface area contributed by atoms with Crippen molar-refractivity contribution in [3.63, 3.8) is 0 Å². The minimum atomic E-state index is -0.174. The average molecular weight is 302 g/mol. The van der Waals surface area contributed by atoms with E-state index < -0.39 is 0 Å². The molecule has 0 saturated carbocycles. The van der Waals surface area contributed by atoms with Crippen LogP contribution in [0.15, 0.2) is 28.9 Å². The van der Waals surface area contributed by atoms with Gasteiger partial charge in [-0.3, -0.25) is 4.79 Å². The van der Waals surface area contributed by atoms with Gasteiger partial charge in [0.2, 0.25) is 5.95 Å². The minimum Gasteiger partial charge on any atom is -0.467 e. The predicted molar refractivity (Wildman–Crippen MR) is 84.6 cm³/mol. The van der Waals surface area contributed by atoms with Gasteiger partial charge >= 0.3 is 0 Å². The zero-order chi connectivity index (χ0) is 15.9. The maximum absolute atomic E-state index is 12.1. The third kappa shape index (κ3) is 4.87. The molecule has 118 valence electrons. The normalized spacial score (nSPS) is 10.7. The van der Waals surface area contributed by atoms with Gasteiger partial charge in [0, 0.05) is 12.2 Å². The van der Waals surface area contributed by atoms with Crippen LogP contribution >= 0.6 is 0 Å². The third-order valence-corrected chi connectivity index (χ3v) is 3.09. The second-order valence-corrected chi connectivity index (χ2v) is 5.59. The van der Waals surface area contributed by atoms with Gasteiger partial charge in [-0.25, -0.2) is 9.97 Å². The van der Waals surface area contributed by atoms with Crippen LogP contribution in [0.2, 0.25) is 0 Å². The third-order valence-electron chi connectivity index (χ3n) is 3.09. The number of aryl methyl sites for hydroxylation is 1. The van der Waals surface area contributed by atoms with Crippen molar-refractivity contribution in [2.75, 3.05) is 11.9 Å². The molecule has 0 aliphatic carbocycles. The van der Waals surface area contributed by atoms with Crippen molar-refractivity contribution in [3.05, 3.63) is 41.6 Å². The van der Waals surface area contributed by atoms with E-state index in [-0.39, 0.29) is 5.91 Å². The molecule has 0 aliphatic rings. The van der Waals surface area contributed by atoms with Crippen molar-refractivity contribution in [1.29, 1.82) is 0 Å². The number of hydrogen-bond donors (Lipinski definition) is 2. The Kier molecular flexibility index (Phi) is 5.52. The van der Waals surface area contributed by atoms with Crippen LogP contribution in [0.4, 0.5) is 5.95 Å². The highest BCUT2D eigenvalue weighted by Gasteiger charge is 2.10. The van der Waals surface area contributed by atoms with Crippen molar-refractivity contribution < 1.29 is 9.21 Å². The summed E-state index contributed by atoms with van der Waals surface area (Å²) in [5, 5.41) is 5.94. The lowest BCUT2D eigenvalue weighted by molar-refractivity contribution is 0.0947. The second-order valence-electron chi connectivity index (χ2n) is 5.59. The van der Waals surface area contributed by atoms with E-state index in [4.69, 9.17) is 4.42 Å². The van der Waals surface area contributed by atoms with Gasteiger partial charge in [-0.1, -0.05) is 13.8 Å². The number of aromatic nitrogens is 2. The molecule has 0 unspecified atom stereocenters. The lowest BCUT2D eigenvalue weighted by Crippen LogP contribution is -2.26. The number of anilines is 1. The largest absolute Gasteiger partial charge is 0.467 e. The zero-order valence-corrected chi connectivity index (χ0v) is 13.2. The molecule has 6 heteroatoms. The summed E-state index contributed by atoms with van der Waals surface area (Å²) in [6.07, 6.45) is 2.56. The van der Waals surface area contributed by atoms with Crippen LogP contribution in [-0.2, 0) is 6.54 Å². The van der Waals surface area contributed by atoms with Gasteiger partial charge in [0.05, 0.1) is 12.8 Å². The Morgan fingerprint density at radius 3 is 2.86 bits per heavy atom. The van der Waals surface area contributed by atoms with Gasteiger partial charge in [-0.2, -0.15) is 0 Å². The van der Waals surface area contributed by atoms with Crippen LogP contribution in [0.1, 0.15) is 42.2 Å². The average Bonchev–Trinajstić information content (AvgIpc) is 2.97. The smallest absolute Gasteiger partial charge is 0.270 e.